The lowest BCUT2D eigenvalue weighted by atomic mass is 10.3. The number of hydrogen-bond acceptors (Lipinski definition) is 10. The number of nitrogen functional groups attached to an aromatic ring is 1. The molecule has 0 aliphatic carbocycles. The highest BCUT2D eigenvalue weighted by Gasteiger charge is 2.29. The van der Waals surface area contributed by atoms with E-state index in [-0.39, 0.29) is 44.8 Å². The molecule has 0 spiro atoms. The first-order valence-electron chi connectivity index (χ1n) is 9.07. The number of hydrogen-bond donors (Lipinski definition) is 1. The number of nitrogens with zero attached hydrogens (tertiary/aromatic N) is 4. The van der Waals surface area contributed by atoms with Crippen molar-refractivity contribution in [1.82, 2.24) is 19.5 Å². The lowest BCUT2D eigenvalue weighted by Crippen LogP contribution is -2.35. The second kappa shape index (κ2) is 12.6. The van der Waals surface area contributed by atoms with Crippen molar-refractivity contribution >= 4 is 48.1 Å². The second-order valence-electron chi connectivity index (χ2n) is 6.15. The summed E-state index contributed by atoms with van der Waals surface area (Å²) in [5.41, 5.74) is 6.48. The van der Waals surface area contributed by atoms with Crippen LogP contribution < -0.4 is 10.5 Å². The van der Waals surface area contributed by atoms with Gasteiger partial charge in [0, 0.05) is 0 Å². The van der Waals surface area contributed by atoms with Gasteiger partial charge in [-0.2, -0.15) is 9.97 Å². The molecule has 0 aromatic carbocycles. The largest absolute Gasteiger partial charge is 0.476 e. The average molecular weight is 484 g/mol. The van der Waals surface area contributed by atoms with E-state index in [1.165, 1.54) is 10.9 Å². The van der Waals surface area contributed by atoms with Crippen LogP contribution in [0.5, 0.6) is 5.88 Å². The molecule has 10 nitrogen and oxygen atoms in total. The number of ether oxygens (including phenoxy) is 4. The van der Waals surface area contributed by atoms with Crippen LogP contribution in [0.2, 0.25) is 0 Å². The van der Waals surface area contributed by atoms with Crippen LogP contribution in [-0.4, -0.2) is 64.0 Å². The van der Waals surface area contributed by atoms with Crippen LogP contribution in [-0.2, 0) is 30.5 Å². The first kappa shape index (κ1) is 25.0. The first-order chi connectivity index (χ1) is 14.4. The average Bonchev–Trinajstić information content (AvgIpc) is 3.12. The van der Waals surface area contributed by atoms with Crippen molar-refractivity contribution in [3.8, 4) is 5.88 Å². The quantitative estimate of drug-likeness (QED) is 0.244. The number of anilines is 1. The van der Waals surface area contributed by atoms with Crippen LogP contribution in [0.3, 0.4) is 0 Å². The Balaban J connectivity index is 2.24. The minimum atomic E-state index is -1.85. The summed E-state index contributed by atoms with van der Waals surface area (Å²) in [6.45, 7) is 5.38. The molecule has 0 unspecified atom stereocenters. The van der Waals surface area contributed by atoms with E-state index >= 15 is 0 Å². The van der Waals surface area contributed by atoms with Crippen molar-refractivity contribution in [1.29, 1.82) is 0 Å². The highest BCUT2D eigenvalue weighted by atomic mass is 35.5. The summed E-state index contributed by atoms with van der Waals surface area (Å²) < 4.78 is 42.9. The van der Waals surface area contributed by atoms with Gasteiger partial charge < -0.3 is 29.2 Å². The number of alkyl halides is 2. The Kier molecular flexibility index (Phi) is 10.5. The SMILES string of the molecule is CCOc1nc(N)nc2c1ncn2[C@@H](CCl)O[C@H](COP=S)[C@H](F)OCOC(C)C. The Hall–Kier alpha value is -1.27. The van der Waals surface area contributed by atoms with Gasteiger partial charge in [0.1, 0.15) is 13.7 Å². The zero-order chi connectivity index (χ0) is 22.1. The molecule has 2 aromatic heterocycles. The van der Waals surface area contributed by atoms with E-state index in [0.717, 1.165) is 0 Å². The van der Waals surface area contributed by atoms with Gasteiger partial charge in [-0.25, -0.2) is 9.37 Å². The zero-order valence-electron chi connectivity index (χ0n) is 16.7. The van der Waals surface area contributed by atoms with Crippen molar-refractivity contribution in [2.45, 2.75) is 45.6 Å². The zero-order valence-corrected chi connectivity index (χ0v) is 19.2. The number of aromatic nitrogens is 4. The van der Waals surface area contributed by atoms with E-state index in [4.69, 9.17) is 52.6 Å². The monoisotopic (exact) mass is 483 g/mol. The number of nitrogens with two attached hydrogens (primary N) is 1. The van der Waals surface area contributed by atoms with Gasteiger partial charge in [-0.3, -0.25) is 4.57 Å². The third kappa shape index (κ3) is 6.88. The van der Waals surface area contributed by atoms with Gasteiger partial charge in [0.15, 0.2) is 24.2 Å². The summed E-state index contributed by atoms with van der Waals surface area (Å²) in [6.07, 6.45) is -2.52. The van der Waals surface area contributed by atoms with E-state index in [1.54, 1.807) is 6.92 Å². The van der Waals surface area contributed by atoms with Crippen LogP contribution in [0.1, 0.15) is 27.0 Å². The smallest absolute Gasteiger partial charge is 0.247 e. The van der Waals surface area contributed by atoms with Crippen LogP contribution in [0.4, 0.5) is 10.3 Å². The molecule has 168 valence electrons. The number of fused-ring (bicyclic) bond motifs is 1. The normalized spacial score (nSPS) is 15.0. The number of rotatable bonds is 14. The van der Waals surface area contributed by atoms with Crippen molar-refractivity contribution in [3.05, 3.63) is 6.33 Å². The van der Waals surface area contributed by atoms with E-state index in [9.17, 15) is 4.39 Å². The molecule has 2 aromatic rings. The van der Waals surface area contributed by atoms with Crippen LogP contribution in [0.25, 0.3) is 11.2 Å². The fraction of sp³-hybridized carbons (Fsp3) is 0.688. The molecular formula is C16H24ClFN5O5PS. The topological polar surface area (TPSA) is 116 Å². The molecular weight excluding hydrogens is 460 g/mol. The van der Waals surface area contributed by atoms with Gasteiger partial charge in [0.05, 0.1) is 31.5 Å². The standard InChI is InChI=1S/C16H24ClFN5O5PS/c1-4-24-15-12-14(21-16(19)22-15)23(7-20-12)11(5-17)28-10(6-27-29-30)13(18)26-8-25-9(2)3/h7,9-11,13H,4-6,8H2,1-3H3,(H2,19,21,22)/t10-,11-,13-/m1/s1. The van der Waals surface area contributed by atoms with E-state index < -0.39 is 18.7 Å². The maximum Gasteiger partial charge on any atom is 0.247 e. The Bertz CT molecular complexity index is 820. The Labute approximate surface area is 185 Å². The van der Waals surface area contributed by atoms with Crippen LogP contribution in [0.15, 0.2) is 6.33 Å². The predicted molar refractivity (Wildman–Crippen MR) is 113 cm³/mol. The fourth-order valence-electron chi connectivity index (χ4n) is 2.36. The minimum absolute atomic E-state index is 0.0108. The van der Waals surface area contributed by atoms with Crippen molar-refractivity contribution in [2.75, 3.05) is 31.6 Å². The maximum absolute atomic E-state index is 14.6. The molecule has 14 heteroatoms. The van der Waals surface area contributed by atoms with E-state index in [0.29, 0.717) is 17.8 Å². The second-order valence-corrected chi connectivity index (χ2v) is 7.31. The number of imidazole rings is 1. The fourth-order valence-corrected chi connectivity index (χ4v) is 2.97. The molecule has 2 N–H and O–H groups in total. The molecule has 30 heavy (non-hydrogen) atoms. The molecule has 0 aliphatic rings. The molecule has 2 heterocycles. The number of halogens is 2. The highest BCUT2D eigenvalue weighted by molar-refractivity contribution is 7.94. The van der Waals surface area contributed by atoms with Crippen molar-refractivity contribution in [3.63, 3.8) is 0 Å². The summed E-state index contributed by atoms with van der Waals surface area (Å²) in [5, 5.41) is 0. The lowest BCUT2D eigenvalue weighted by Gasteiger charge is -2.26. The summed E-state index contributed by atoms with van der Waals surface area (Å²) in [4.78, 5) is 12.5. The molecule has 3 atom stereocenters. The van der Waals surface area contributed by atoms with Gasteiger partial charge >= 0.3 is 0 Å². The van der Waals surface area contributed by atoms with Gasteiger partial charge in [-0.05, 0) is 32.6 Å². The molecule has 0 amide bonds. The van der Waals surface area contributed by atoms with Crippen LogP contribution in [0, 0.1) is 0 Å². The van der Waals surface area contributed by atoms with Crippen LogP contribution >= 0.6 is 19.2 Å². The van der Waals surface area contributed by atoms with Crippen molar-refractivity contribution in [2.24, 2.45) is 0 Å². The molecule has 0 bridgehead atoms. The molecule has 0 radical (unpaired) electrons. The van der Waals surface area contributed by atoms with Gasteiger partial charge in [0.2, 0.25) is 18.2 Å². The summed E-state index contributed by atoms with van der Waals surface area (Å²) in [5.74, 6) is 0.175. The predicted octanol–water partition coefficient (Wildman–Crippen LogP) is 2.96. The summed E-state index contributed by atoms with van der Waals surface area (Å²) in [7, 11) is 0.200. The highest BCUT2D eigenvalue weighted by Crippen LogP contribution is 2.27. The van der Waals surface area contributed by atoms with E-state index in [1.807, 2.05) is 13.8 Å². The van der Waals surface area contributed by atoms with E-state index in [2.05, 4.69) is 15.0 Å². The summed E-state index contributed by atoms with van der Waals surface area (Å²) in [6, 6.07) is 0. The van der Waals surface area contributed by atoms with Gasteiger partial charge in [-0.1, -0.05) is 0 Å². The maximum atomic E-state index is 14.6. The van der Waals surface area contributed by atoms with Crippen molar-refractivity contribution < 1.29 is 27.9 Å². The third-order valence-electron chi connectivity index (χ3n) is 3.67. The minimum Gasteiger partial charge on any atom is -0.476 e. The molecule has 0 aliphatic heterocycles. The summed E-state index contributed by atoms with van der Waals surface area (Å²) >= 11 is 10.8. The third-order valence-corrected chi connectivity index (χ3v) is 4.51. The molecule has 2 rings (SSSR count). The van der Waals surface area contributed by atoms with Gasteiger partial charge in [-0.15, -0.1) is 11.6 Å². The lowest BCUT2D eigenvalue weighted by molar-refractivity contribution is -0.213. The first-order valence-corrected chi connectivity index (χ1v) is 11.4. The molecule has 0 saturated carbocycles. The Morgan fingerprint density at radius 2 is 2.10 bits per heavy atom. The molecule has 0 fully saturated rings. The molecule has 0 saturated heterocycles. The van der Waals surface area contributed by atoms with Gasteiger partial charge in [0.25, 0.3) is 0 Å². The Morgan fingerprint density at radius 1 is 1.33 bits per heavy atom. The Morgan fingerprint density at radius 3 is 2.73 bits per heavy atom.